The van der Waals surface area contributed by atoms with Crippen molar-refractivity contribution < 1.29 is 4.74 Å². The van der Waals surface area contributed by atoms with Gasteiger partial charge in [-0.05, 0) is 35.9 Å². The molecule has 0 bridgehead atoms. The van der Waals surface area contributed by atoms with E-state index in [9.17, 15) is 5.26 Å². The van der Waals surface area contributed by atoms with Gasteiger partial charge in [-0.3, -0.25) is 4.98 Å². The average molecular weight is 343 g/mol. The summed E-state index contributed by atoms with van der Waals surface area (Å²) in [5.74, 6) is 0.868. The normalized spacial score (nSPS) is 13.4. The Hall–Kier alpha value is -3.23. The van der Waals surface area contributed by atoms with Gasteiger partial charge in [0.15, 0.2) is 0 Å². The number of nitrogens with zero attached hydrogens (tertiary/aromatic N) is 3. The molecule has 0 unspecified atom stereocenters. The van der Waals surface area contributed by atoms with E-state index in [0.717, 1.165) is 28.1 Å². The zero-order chi connectivity index (χ0) is 17.1. The molecule has 0 saturated heterocycles. The van der Waals surface area contributed by atoms with Gasteiger partial charge in [0.2, 0.25) is 0 Å². The van der Waals surface area contributed by atoms with E-state index in [0.29, 0.717) is 17.2 Å². The highest BCUT2D eigenvalue weighted by Crippen LogP contribution is 2.29. The van der Waals surface area contributed by atoms with Crippen molar-refractivity contribution in [1.29, 1.82) is 5.26 Å². The number of nitriles is 1. The van der Waals surface area contributed by atoms with Gasteiger partial charge in [-0.25, -0.2) is 4.98 Å². The van der Waals surface area contributed by atoms with Gasteiger partial charge in [0.25, 0.3) is 0 Å². The summed E-state index contributed by atoms with van der Waals surface area (Å²) in [6.07, 6.45) is 7.37. The Labute approximate surface area is 149 Å². The van der Waals surface area contributed by atoms with Crippen LogP contribution in [-0.2, 0) is 0 Å². The van der Waals surface area contributed by atoms with Crippen LogP contribution in [0.5, 0.6) is 5.75 Å². The highest BCUT2D eigenvalue weighted by Gasteiger charge is 2.13. The molecule has 1 aliphatic rings. The first kappa shape index (κ1) is 15.3. The highest BCUT2D eigenvalue weighted by atomic mass is 32.1. The van der Waals surface area contributed by atoms with Gasteiger partial charge in [0.05, 0.1) is 11.3 Å². The highest BCUT2D eigenvalue weighted by molar-refractivity contribution is 7.11. The molecule has 0 saturated carbocycles. The maximum Gasteiger partial charge on any atom is 0.134 e. The van der Waals surface area contributed by atoms with E-state index >= 15 is 0 Å². The summed E-state index contributed by atoms with van der Waals surface area (Å²) < 4.78 is 5.75. The summed E-state index contributed by atoms with van der Waals surface area (Å²) in [5, 5.41) is 12.2. The number of allylic oxidation sites excluding steroid dienone is 1. The van der Waals surface area contributed by atoms with Crippen LogP contribution in [-0.4, -0.2) is 16.6 Å². The zero-order valence-electron chi connectivity index (χ0n) is 13.2. The second-order valence-electron chi connectivity index (χ2n) is 5.49. The third-order valence-corrected chi connectivity index (χ3v) is 4.69. The van der Waals surface area contributed by atoms with E-state index in [2.05, 4.69) is 16.0 Å². The number of hydrogen-bond acceptors (Lipinski definition) is 5. The predicted octanol–water partition coefficient (Wildman–Crippen LogP) is 4.59. The fraction of sp³-hybridized carbons (Fsp3) is 0.0500. The fourth-order valence-corrected chi connectivity index (χ4v) is 3.39. The predicted molar refractivity (Wildman–Crippen MR) is 98.8 cm³/mol. The van der Waals surface area contributed by atoms with Crippen molar-refractivity contribution in [3.8, 4) is 23.1 Å². The van der Waals surface area contributed by atoms with Gasteiger partial charge >= 0.3 is 0 Å². The van der Waals surface area contributed by atoms with Crippen molar-refractivity contribution in [3.05, 3.63) is 76.4 Å². The molecule has 3 aromatic rings. The van der Waals surface area contributed by atoms with E-state index in [1.165, 1.54) is 11.3 Å². The van der Waals surface area contributed by atoms with Gasteiger partial charge in [0, 0.05) is 28.9 Å². The van der Waals surface area contributed by atoms with E-state index in [1.54, 1.807) is 12.4 Å². The molecule has 1 aliphatic heterocycles. The Morgan fingerprint density at radius 2 is 2.04 bits per heavy atom. The lowest BCUT2D eigenvalue weighted by atomic mass is 10.1. The largest absolute Gasteiger partial charge is 0.488 e. The maximum atomic E-state index is 9.56. The number of hydrogen-bond donors (Lipinski definition) is 0. The minimum Gasteiger partial charge on any atom is -0.488 e. The van der Waals surface area contributed by atoms with Crippen LogP contribution in [0.1, 0.15) is 10.6 Å². The minimum atomic E-state index is 0.449. The Morgan fingerprint density at radius 3 is 2.88 bits per heavy atom. The Morgan fingerprint density at radius 1 is 1.20 bits per heavy atom. The molecule has 3 heterocycles. The van der Waals surface area contributed by atoms with Crippen LogP contribution < -0.4 is 4.74 Å². The molecule has 1 aromatic carbocycles. The van der Waals surface area contributed by atoms with Crippen LogP contribution in [0, 0.1) is 11.3 Å². The molecule has 4 rings (SSSR count). The van der Waals surface area contributed by atoms with E-state index in [1.807, 2.05) is 53.9 Å². The van der Waals surface area contributed by atoms with Crippen molar-refractivity contribution in [2.45, 2.75) is 0 Å². The van der Waals surface area contributed by atoms with E-state index in [4.69, 9.17) is 4.74 Å². The summed E-state index contributed by atoms with van der Waals surface area (Å²) >= 11 is 1.46. The number of aromatic nitrogens is 2. The maximum absolute atomic E-state index is 9.56. The molecule has 0 N–H and O–H groups in total. The lowest BCUT2D eigenvalue weighted by Crippen LogP contribution is -2.05. The molecule has 4 nitrogen and oxygen atoms in total. The number of para-hydroxylation sites is 1. The Bertz CT molecular complexity index is 1010. The third-order valence-electron chi connectivity index (χ3n) is 3.82. The molecule has 0 atom stereocenters. The summed E-state index contributed by atoms with van der Waals surface area (Å²) in [6.45, 7) is 0.449. The monoisotopic (exact) mass is 343 g/mol. The van der Waals surface area contributed by atoms with Crippen molar-refractivity contribution in [2.24, 2.45) is 0 Å². The van der Waals surface area contributed by atoms with Gasteiger partial charge in [-0.1, -0.05) is 18.2 Å². The standard InChI is InChI=1S/C20H13N3OS/c21-11-17(10-14-9-16-3-1-2-4-19(16)24-12-14)20-23-18(13-25-20)15-5-7-22-8-6-15/h1-10,13H,12H2. The van der Waals surface area contributed by atoms with Gasteiger partial charge in [0.1, 0.15) is 23.4 Å². The van der Waals surface area contributed by atoms with Crippen LogP contribution in [0.15, 0.2) is 65.8 Å². The SMILES string of the molecule is N#CC(=CC1=Cc2ccccc2OC1)c1nc(-c2ccncc2)cs1. The Balaban J connectivity index is 1.66. The molecule has 0 amide bonds. The van der Waals surface area contributed by atoms with Crippen LogP contribution in [0.2, 0.25) is 0 Å². The van der Waals surface area contributed by atoms with Crippen molar-refractivity contribution >= 4 is 23.0 Å². The number of pyridine rings is 1. The number of rotatable bonds is 3. The molecule has 25 heavy (non-hydrogen) atoms. The first-order valence-corrected chi connectivity index (χ1v) is 8.62. The van der Waals surface area contributed by atoms with Crippen LogP contribution in [0.3, 0.4) is 0 Å². The van der Waals surface area contributed by atoms with Gasteiger partial charge in [-0.2, -0.15) is 5.26 Å². The first-order chi connectivity index (χ1) is 12.3. The van der Waals surface area contributed by atoms with Gasteiger partial charge < -0.3 is 4.74 Å². The number of benzene rings is 1. The molecule has 0 aliphatic carbocycles. The summed E-state index contributed by atoms with van der Waals surface area (Å²) in [4.78, 5) is 8.61. The molecule has 120 valence electrons. The lowest BCUT2D eigenvalue weighted by Gasteiger charge is -2.15. The second kappa shape index (κ2) is 6.71. The molecule has 0 fully saturated rings. The molecule has 2 aromatic heterocycles. The lowest BCUT2D eigenvalue weighted by molar-refractivity contribution is 0.351. The second-order valence-corrected chi connectivity index (χ2v) is 6.35. The first-order valence-electron chi connectivity index (χ1n) is 7.74. The van der Waals surface area contributed by atoms with Crippen molar-refractivity contribution in [1.82, 2.24) is 9.97 Å². The zero-order valence-corrected chi connectivity index (χ0v) is 14.0. The topological polar surface area (TPSA) is 58.8 Å². The molecular weight excluding hydrogens is 330 g/mol. The number of fused-ring (bicyclic) bond motifs is 1. The smallest absolute Gasteiger partial charge is 0.134 e. The fourth-order valence-electron chi connectivity index (χ4n) is 2.60. The molecule has 0 spiro atoms. The summed E-state index contributed by atoms with van der Waals surface area (Å²) in [6, 6.07) is 13.9. The summed E-state index contributed by atoms with van der Waals surface area (Å²) in [5.41, 5.74) is 4.36. The third kappa shape index (κ3) is 3.21. The molecule has 0 radical (unpaired) electrons. The average Bonchev–Trinajstić information content (AvgIpc) is 3.17. The van der Waals surface area contributed by atoms with Crippen molar-refractivity contribution in [2.75, 3.05) is 6.61 Å². The minimum absolute atomic E-state index is 0.449. The number of ether oxygens (including phenoxy) is 1. The van der Waals surface area contributed by atoms with E-state index < -0.39 is 0 Å². The quantitative estimate of drug-likeness (QED) is 0.653. The van der Waals surface area contributed by atoms with Crippen molar-refractivity contribution in [3.63, 3.8) is 0 Å². The van der Waals surface area contributed by atoms with Crippen LogP contribution in [0.25, 0.3) is 22.9 Å². The molecular formula is C20H13N3OS. The molecule has 5 heteroatoms. The van der Waals surface area contributed by atoms with Gasteiger partial charge in [-0.15, -0.1) is 11.3 Å². The number of thiazole rings is 1. The Kier molecular flexibility index (Phi) is 4.11. The summed E-state index contributed by atoms with van der Waals surface area (Å²) in [7, 11) is 0. The van der Waals surface area contributed by atoms with E-state index in [-0.39, 0.29) is 0 Å². The van der Waals surface area contributed by atoms with Crippen LogP contribution in [0.4, 0.5) is 0 Å². The van der Waals surface area contributed by atoms with Crippen LogP contribution >= 0.6 is 11.3 Å².